The SMILES string of the molecule is CCOC(=O)/C(C)=C/CCC(F)(F)CCC(=O)O. The van der Waals surface area contributed by atoms with Crippen LogP contribution in [0, 0.1) is 0 Å². The summed E-state index contributed by atoms with van der Waals surface area (Å²) in [7, 11) is 0. The maximum absolute atomic E-state index is 13.2. The standard InChI is InChI=1S/C12H18F2O4/c1-3-18-11(17)9(2)5-4-7-12(13,14)8-6-10(15)16/h5H,3-4,6-8H2,1-2H3,(H,15,16)/b9-5+. The molecule has 0 heterocycles. The number of carboxylic acid groups (broad SMARTS) is 1. The van der Waals surface area contributed by atoms with Gasteiger partial charge in [-0.1, -0.05) is 6.08 Å². The zero-order valence-corrected chi connectivity index (χ0v) is 10.5. The van der Waals surface area contributed by atoms with E-state index in [1.807, 2.05) is 0 Å². The average Bonchev–Trinajstić information content (AvgIpc) is 2.26. The predicted octanol–water partition coefficient (Wildman–Crippen LogP) is 2.78. The van der Waals surface area contributed by atoms with Gasteiger partial charge in [0, 0.05) is 18.4 Å². The molecule has 104 valence electrons. The minimum absolute atomic E-state index is 0.0112. The largest absolute Gasteiger partial charge is 0.481 e. The van der Waals surface area contributed by atoms with Crippen molar-refractivity contribution in [3.8, 4) is 0 Å². The molecule has 18 heavy (non-hydrogen) atoms. The normalized spacial score (nSPS) is 12.3. The van der Waals surface area contributed by atoms with Crippen molar-refractivity contribution in [2.45, 2.75) is 45.5 Å². The Morgan fingerprint density at radius 3 is 2.44 bits per heavy atom. The van der Waals surface area contributed by atoms with Gasteiger partial charge in [-0.05, 0) is 20.3 Å². The molecule has 0 unspecified atom stereocenters. The van der Waals surface area contributed by atoms with Gasteiger partial charge >= 0.3 is 11.9 Å². The summed E-state index contributed by atoms with van der Waals surface area (Å²) in [6.45, 7) is 3.39. The lowest BCUT2D eigenvalue weighted by Gasteiger charge is -2.13. The van der Waals surface area contributed by atoms with E-state index in [9.17, 15) is 18.4 Å². The first kappa shape index (κ1) is 16.5. The summed E-state index contributed by atoms with van der Waals surface area (Å²) in [4.78, 5) is 21.3. The molecule has 0 radical (unpaired) electrons. The molecule has 0 amide bonds. The molecule has 0 aromatic rings. The molecule has 0 bridgehead atoms. The van der Waals surface area contributed by atoms with E-state index in [2.05, 4.69) is 0 Å². The molecule has 0 aromatic heterocycles. The molecular weight excluding hydrogens is 246 g/mol. The lowest BCUT2D eigenvalue weighted by Crippen LogP contribution is -2.17. The number of allylic oxidation sites excluding steroid dienone is 1. The fourth-order valence-corrected chi connectivity index (χ4v) is 1.24. The van der Waals surface area contributed by atoms with Crippen molar-refractivity contribution >= 4 is 11.9 Å². The topological polar surface area (TPSA) is 63.6 Å². The fraction of sp³-hybridized carbons (Fsp3) is 0.667. The third-order valence-corrected chi connectivity index (χ3v) is 2.26. The molecule has 0 spiro atoms. The summed E-state index contributed by atoms with van der Waals surface area (Å²) in [5.74, 6) is -4.79. The van der Waals surface area contributed by atoms with Gasteiger partial charge in [-0.3, -0.25) is 4.79 Å². The third-order valence-electron chi connectivity index (χ3n) is 2.26. The van der Waals surface area contributed by atoms with Crippen LogP contribution in [0.2, 0.25) is 0 Å². The van der Waals surface area contributed by atoms with Gasteiger partial charge in [0.05, 0.1) is 13.0 Å². The van der Waals surface area contributed by atoms with Gasteiger partial charge in [-0.15, -0.1) is 0 Å². The van der Waals surface area contributed by atoms with Crippen LogP contribution in [0.25, 0.3) is 0 Å². The Labute approximate surface area is 105 Å². The van der Waals surface area contributed by atoms with Crippen LogP contribution in [0.1, 0.15) is 39.5 Å². The summed E-state index contributed by atoms with van der Waals surface area (Å²) in [5.41, 5.74) is 0.283. The Bertz CT molecular complexity index is 324. The van der Waals surface area contributed by atoms with Crippen LogP contribution < -0.4 is 0 Å². The Hall–Kier alpha value is -1.46. The van der Waals surface area contributed by atoms with Crippen LogP contribution in [0.4, 0.5) is 8.78 Å². The van der Waals surface area contributed by atoms with E-state index < -0.39 is 37.1 Å². The number of carboxylic acids is 1. The minimum atomic E-state index is -3.02. The van der Waals surface area contributed by atoms with E-state index in [4.69, 9.17) is 9.84 Å². The van der Waals surface area contributed by atoms with E-state index in [0.717, 1.165) is 0 Å². The predicted molar refractivity (Wildman–Crippen MR) is 61.4 cm³/mol. The highest BCUT2D eigenvalue weighted by atomic mass is 19.3. The molecule has 0 saturated heterocycles. The van der Waals surface area contributed by atoms with E-state index in [0.29, 0.717) is 0 Å². The van der Waals surface area contributed by atoms with Gasteiger partial charge in [-0.2, -0.15) is 0 Å². The summed E-state index contributed by atoms with van der Waals surface area (Å²) >= 11 is 0. The Kier molecular flexibility index (Phi) is 7.16. The molecule has 0 atom stereocenters. The molecule has 0 rings (SSSR count). The number of ether oxygens (including phenoxy) is 1. The van der Waals surface area contributed by atoms with Crippen LogP contribution in [0.3, 0.4) is 0 Å². The van der Waals surface area contributed by atoms with Crippen molar-refractivity contribution in [2.75, 3.05) is 6.61 Å². The number of aliphatic carboxylic acids is 1. The Balaban J connectivity index is 4.11. The fourth-order valence-electron chi connectivity index (χ4n) is 1.24. The highest BCUT2D eigenvalue weighted by molar-refractivity contribution is 5.87. The summed E-state index contributed by atoms with van der Waals surface area (Å²) in [6, 6.07) is 0. The van der Waals surface area contributed by atoms with Gasteiger partial charge in [0.2, 0.25) is 5.92 Å². The van der Waals surface area contributed by atoms with E-state index in [-0.39, 0.29) is 18.6 Å². The van der Waals surface area contributed by atoms with Crippen molar-refractivity contribution < 1.29 is 28.2 Å². The second-order valence-corrected chi connectivity index (χ2v) is 3.90. The first-order chi connectivity index (χ1) is 8.28. The quantitative estimate of drug-likeness (QED) is 0.541. The molecule has 1 N–H and O–H groups in total. The number of carbonyl (C=O) groups excluding carboxylic acids is 1. The summed E-state index contributed by atoms with van der Waals surface area (Å²) in [5, 5.41) is 8.32. The monoisotopic (exact) mass is 264 g/mol. The minimum Gasteiger partial charge on any atom is -0.481 e. The van der Waals surface area contributed by atoms with E-state index in [1.54, 1.807) is 6.92 Å². The molecule has 0 aliphatic heterocycles. The second kappa shape index (κ2) is 7.79. The first-order valence-electron chi connectivity index (χ1n) is 5.72. The lowest BCUT2D eigenvalue weighted by molar-refractivity contribution is -0.139. The van der Waals surface area contributed by atoms with Gasteiger partial charge in [-0.25, -0.2) is 13.6 Å². The van der Waals surface area contributed by atoms with Gasteiger partial charge in [0.15, 0.2) is 0 Å². The summed E-state index contributed by atoms with van der Waals surface area (Å²) < 4.78 is 31.0. The molecule has 0 aromatic carbocycles. The molecule has 0 saturated carbocycles. The van der Waals surface area contributed by atoms with Crippen LogP contribution in [0.15, 0.2) is 11.6 Å². The molecule has 0 aliphatic carbocycles. The van der Waals surface area contributed by atoms with Crippen LogP contribution >= 0.6 is 0 Å². The maximum Gasteiger partial charge on any atom is 0.333 e. The average molecular weight is 264 g/mol. The number of carbonyl (C=O) groups is 2. The van der Waals surface area contributed by atoms with Gasteiger partial charge in [0.25, 0.3) is 0 Å². The van der Waals surface area contributed by atoms with Crippen LogP contribution in [-0.2, 0) is 14.3 Å². The van der Waals surface area contributed by atoms with Crippen LogP contribution in [-0.4, -0.2) is 29.6 Å². The second-order valence-electron chi connectivity index (χ2n) is 3.90. The summed E-state index contributed by atoms with van der Waals surface area (Å²) in [6.07, 6.45) is -0.330. The van der Waals surface area contributed by atoms with Crippen molar-refractivity contribution in [1.29, 1.82) is 0 Å². The van der Waals surface area contributed by atoms with Crippen molar-refractivity contribution in [2.24, 2.45) is 0 Å². The van der Waals surface area contributed by atoms with Crippen molar-refractivity contribution in [3.05, 3.63) is 11.6 Å². The third kappa shape index (κ3) is 7.76. The number of rotatable bonds is 8. The van der Waals surface area contributed by atoms with Crippen molar-refractivity contribution in [3.63, 3.8) is 0 Å². The zero-order valence-electron chi connectivity index (χ0n) is 10.5. The van der Waals surface area contributed by atoms with Crippen LogP contribution in [0.5, 0.6) is 0 Å². The lowest BCUT2D eigenvalue weighted by atomic mass is 10.1. The van der Waals surface area contributed by atoms with Gasteiger partial charge in [0.1, 0.15) is 0 Å². The Morgan fingerprint density at radius 2 is 1.94 bits per heavy atom. The van der Waals surface area contributed by atoms with E-state index in [1.165, 1.54) is 13.0 Å². The maximum atomic E-state index is 13.2. The number of hydrogen-bond acceptors (Lipinski definition) is 3. The highest BCUT2D eigenvalue weighted by Crippen LogP contribution is 2.26. The van der Waals surface area contributed by atoms with Crippen molar-refractivity contribution in [1.82, 2.24) is 0 Å². The number of hydrogen-bond donors (Lipinski definition) is 1. The molecule has 0 fully saturated rings. The molecule has 6 heteroatoms. The number of alkyl halides is 2. The zero-order chi connectivity index (χ0) is 14.2. The molecule has 0 aliphatic rings. The highest BCUT2D eigenvalue weighted by Gasteiger charge is 2.28. The van der Waals surface area contributed by atoms with Gasteiger partial charge < -0.3 is 9.84 Å². The molecule has 4 nitrogen and oxygen atoms in total. The first-order valence-corrected chi connectivity index (χ1v) is 5.72. The smallest absolute Gasteiger partial charge is 0.333 e. The Morgan fingerprint density at radius 1 is 1.33 bits per heavy atom. The molecular formula is C12H18F2O4. The number of esters is 1. The van der Waals surface area contributed by atoms with E-state index >= 15 is 0 Å². The number of halogens is 2.